The van der Waals surface area contributed by atoms with Crippen LogP contribution in [0.15, 0.2) is 109 Å². The molecule has 0 aliphatic carbocycles. The van der Waals surface area contributed by atoms with Crippen LogP contribution in [0.25, 0.3) is 0 Å². The standard InChI is InChI=1S/C28H28ClO2P/c1-30-19-20-31-28-21-23(17-18-27(28)29)22-32(24-11-5-2-6-12-24,25-13-7-3-8-14-25)26-15-9-4-10-16-26/h2-18,21,32H,19-20,22H2,1H3. The van der Waals surface area contributed by atoms with Gasteiger partial charge in [0.25, 0.3) is 0 Å². The molecule has 0 N–H and O–H groups in total. The Labute approximate surface area is 196 Å². The first-order valence-electron chi connectivity index (χ1n) is 10.8. The predicted molar refractivity (Wildman–Crippen MR) is 139 cm³/mol. The second-order valence-corrected chi connectivity index (χ2v) is 12.1. The molecule has 0 heterocycles. The van der Waals surface area contributed by atoms with Crippen molar-refractivity contribution < 1.29 is 9.47 Å². The maximum absolute atomic E-state index is 6.44. The van der Waals surface area contributed by atoms with E-state index < -0.39 is 7.26 Å². The molecular weight excluding hydrogens is 435 g/mol. The van der Waals surface area contributed by atoms with Crippen LogP contribution in [0.1, 0.15) is 5.56 Å². The molecule has 0 aromatic heterocycles. The van der Waals surface area contributed by atoms with Crippen LogP contribution < -0.4 is 20.7 Å². The Morgan fingerprint density at radius 2 is 1.16 bits per heavy atom. The van der Waals surface area contributed by atoms with Gasteiger partial charge < -0.3 is 0 Å². The first-order chi connectivity index (χ1) is 15.7. The number of methoxy groups -OCH3 is 1. The van der Waals surface area contributed by atoms with Crippen LogP contribution >= 0.6 is 18.9 Å². The maximum atomic E-state index is 6.44. The molecule has 0 spiro atoms. The molecule has 2 nitrogen and oxygen atoms in total. The van der Waals surface area contributed by atoms with Gasteiger partial charge in [-0.15, -0.1) is 0 Å². The summed E-state index contributed by atoms with van der Waals surface area (Å²) in [6, 6.07) is 38.9. The van der Waals surface area contributed by atoms with Gasteiger partial charge in [0.2, 0.25) is 0 Å². The van der Waals surface area contributed by atoms with Gasteiger partial charge in [-0.2, -0.15) is 0 Å². The van der Waals surface area contributed by atoms with E-state index in [0.717, 1.165) is 6.16 Å². The summed E-state index contributed by atoms with van der Waals surface area (Å²) < 4.78 is 11.0. The van der Waals surface area contributed by atoms with E-state index in [-0.39, 0.29) is 0 Å². The first kappa shape index (κ1) is 22.6. The van der Waals surface area contributed by atoms with Crippen LogP contribution in [0.5, 0.6) is 5.75 Å². The van der Waals surface area contributed by atoms with E-state index in [1.54, 1.807) is 7.11 Å². The Kier molecular flexibility index (Phi) is 7.60. The van der Waals surface area contributed by atoms with Crippen LogP contribution in [-0.2, 0) is 10.9 Å². The monoisotopic (exact) mass is 462 g/mol. The minimum absolute atomic E-state index is 0.471. The first-order valence-corrected chi connectivity index (χ1v) is 13.4. The van der Waals surface area contributed by atoms with Crippen LogP contribution in [0, 0.1) is 0 Å². The summed E-state index contributed by atoms with van der Waals surface area (Å²) >= 11 is 6.44. The summed E-state index contributed by atoms with van der Waals surface area (Å²) in [4.78, 5) is 0. The molecule has 0 radical (unpaired) electrons. The summed E-state index contributed by atoms with van der Waals surface area (Å²) in [6.45, 7) is 0.996. The molecule has 4 aromatic carbocycles. The molecule has 0 bridgehead atoms. The van der Waals surface area contributed by atoms with E-state index in [1.807, 2.05) is 6.07 Å². The van der Waals surface area contributed by atoms with Crippen molar-refractivity contribution >= 4 is 34.8 Å². The van der Waals surface area contributed by atoms with Crippen LogP contribution in [0.3, 0.4) is 0 Å². The zero-order valence-electron chi connectivity index (χ0n) is 18.2. The van der Waals surface area contributed by atoms with E-state index in [2.05, 4.69) is 103 Å². The molecule has 4 aromatic rings. The van der Waals surface area contributed by atoms with Gasteiger partial charge in [-0.1, -0.05) is 0 Å². The van der Waals surface area contributed by atoms with Crippen molar-refractivity contribution in [3.8, 4) is 5.75 Å². The van der Waals surface area contributed by atoms with Gasteiger partial charge >= 0.3 is 196 Å². The zero-order valence-corrected chi connectivity index (χ0v) is 20.0. The third kappa shape index (κ3) is 4.89. The van der Waals surface area contributed by atoms with Gasteiger partial charge in [0.05, 0.1) is 0 Å². The minimum atomic E-state index is -2.37. The fourth-order valence-corrected chi connectivity index (χ4v) is 9.18. The van der Waals surface area contributed by atoms with E-state index in [1.165, 1.54) is 21.5 Å². The third-order valence-electron chi connectivity index (χ3n) is 5.81. The molecular formula is C28H28ClO2P. The average Bonchev–Trinajstić information content (AvgIpc) is 2.86. The van der Waals surface area contributed by atoms with Gasteiger partial charge in [-0.05, 0) is 0 Å². The summed E-state index contributed by atoms with van der Waals surface area (Å²) in [5.74, 6) is 0.707. The molecule has 0 fully saturated rings. The van der Waals surface area contributed by atoms with Gasteiger partial charge in [-0.25, -0.2) is 0 Å². The number of rotatable bonds is 9. The van der Waals surface area contributed by atoms with Crippen LogP contribution in [0.2, 0.25) is 5.02 Å². The zero-order chi connectivity index (χ0) is 22.2. The molecule has 0 saturated carbocycles. The molecule has 0 aliphatic heterocycles. The Morgan fingerprint density at radius 3 is 1.62 bits per heavy atom. The third-order valence-corrected chi connectivity index (χ3v) is 11.0. The molecule has 0 aliphatic rings. The summed E-state index contributed by atoms with van der Waals surface area (Å²) in [7, 11) is -0.699. The van der Waals surface area contributed by atoms with Gasteiger partial charge in [0.15, 0.2) is 0 Å². The molecule has 164 valence electrons. The second-order valence-electron chi connectivity index (χ2n) is 7.79. The van der Waals surface area contributed by atoms with Gasteiger partial charge in [0.1, 0.15) is 0 Å². The number of ether oxygens (including phenoxy) is 2. The van der Waals surface area contributed by atoms with Crippen molar-refractivity contribution in [1.82, 2.24) is 0 Å². The topological polar surface area (TPSA) is 18.5 Å². The molecule has 4 heteroatoms. The molecule has 4 rings (SSSR count). The summed E-state index contributed by atoms with van der Waals surface area (Å²) in [6.07, 6.45) is 0.906. The summed E-state index contributed by atoms with van der Waals surface area (Å²) in [5, 5.41) is 4.77. The van der Waals surface area contributed by atoms with Crippen molar-refractivity contribution in [2.24, 2.45) is 0 Å². The van der Waals surface area contributed by atoms with Gasteiger partial charge in [-0.3, -0.25) is 0 Å². The average molecular weight is 463 g/mol. The molecule has 32 heavy (non-hydrogen) atoms. The fraction of sp³-hybridized carbons (Fsp3) is 0.143. The van der Waals surface area contributed by atoms with Crippen molar-refractivity contribution in [3.05, 3.63) is 120 Å². The normalized spacial score (nSPS) is 11.8. The molecule has 0 saturated heterocycles. The Balaban J connectivity index is 1.86. The van der Waals surface area contributed by atoms with Crippen molar-refractivity contribution in [2.75, 3.05) is 20.3 Å². The SMILES string of the molecule is COCCOc1cc(C[PH](c2ccccc2)(c2ccccc2)c2ccccc2)ccc1Cl. The van der Waals surface area contributed by atoms with Crippen molar-refractivity contribution in [3.63, 3.8) is 0 Å². The molecule has 0 atom stereocenters. The number of hydrogen-bond donors (Lipinski definition) is 0. The second kappa shape index (κ2) is 10.8. The van der Waals surface area contributed by atoms with Crippen molar-refractivity contribution in [1.29, 1.82) is 0 Å². The van der Waals surface area contributed by atoms with Crippen molar-refractivity contribution in [2.45, 2.75) is 6.16 Å². The van der Waals surface area contributed by atoms with E-state index >= 15 is 0 Å². The fourth-order valence-electron chi connectivity index (χ4n) is 4.28. The molecule has 0 unspecified atom stereocenters. The van der Waals surface area contributed by atoms with Gasteiger partial charge in [0, 0.05) is 0 Å². The number of hydrogen-bond acceptors (Lipinski definition) is 2. The predicted octanol–water partition coefficient (Wildman–Crippen LogP) is 5.59. The number of halogens is 1. The molecule has 0 amide bonds. The van der Waals surface area contributed by atoms with E-state index in [4.69, 9.17) is 21.1 Å². The van der Waals surface area contributed by atoms with E-state index in [9.17, 15) is 0 Å². The van der Waals surface area contributed by atoms with Crippen LogP contribution in [-0.4, -0.2) is 20.3 Å². The number of benzene rings is 4. The Morgan fingerprint density at radius 1 is 0.656 bits per heavy atom. The van der Waals surface area contributed by atoms with Crippen LogP contribution in [0.4, 0.5) is 0 Å². The Bertz CT molecular complexity index is 1020. The summed E-state index contributed by atoms with van der Waals surface area (Å²) in [5.41, 5.74) is 1.21. The quantitative estimate of drug-likeness (QED) is 0.238. The van der Waals surface area contributed by atoms with E-state index in [0.29, 0.717) is 24.0 Å². The Hall–Kier alpha value is -2.64.